The second kappa shape index (κ2) is 6.78. The molecule has 5 nitrogen and oxygen atoms in total. The molecular weight excluding hydrogens is 196 g/mol. The van der Waals surface area contributed by atoms with Crippen LogP contribution in [-0.4, -0.2) is 37.1 Å². The normalized spacial score (nSPS) is 12.0. The van der Waals surface area contributed by atoms with E-state index in [4.69, 9.17) is 5.11 Å². The van der Waals surface area contributed by atoms with Gasteiger partial charge in [-0.1, -0.05) is 12.2 Å². The Morgan fingerprint density at radius 2 is 1.67 bits per heavy atom. The minimum Gasteiger partial charge on any atom is -0.389 e. The quantitative estimate of drug-likeness (QED) is 0.250. The van der Waals surface area contributed by atoms with E-state index in [1.165, 1.54) is 32.3 Å². The molecule has 0 rings (SSSR count). The highest BCUT2D eigenvalue weighted by molar-refractivity contribution is 6.18. The van der Waals surface area contributed by atoms with Gasteiger partial charge in [0.1, 0.15) is 5.57 Å². The van der Waals surface area contributed by atoms with Crippen LogP contribution in [0.15, 0.2) is 23.8 Å². The van der Waals surface area contributed by atoms with Crippen molar-refractivity contribution in [2.75, 3.05) is 14.1 Å². The summed E-state index contributed by atoms with van der Waals surface area (Å²) >= 11 is 0. The number of allylic oxidation sites excluding steroid dienone is 2. The van der Waals surface area contributed by atoms with Gasteiger partial charge in [-0.3, -0.25) is 9.59 Å². The van der Waals surface area contributed by atoms with Gasteiger partial charge in [0, 0.05) is 14.1 Å². The molecule has 0 radical (unpaired) electrons. The van der Waals surface area contributed by atoms with E-state index in [1.54, 1.807) is 6.92 Å². The minimum absolute atomic E-state index is 0.00287. The summed E-state index contributed by atoms with van der Waals surface area (Å²) in [5.41, 5.74) is -0.00287. The number of carbonyl (C=O) groups is 2. The molecule has 0 bridgehead atoms. The van der Waals surface area contributed by atoms with Crippen LogP contribution < -0.4 is 10.6 Å². The van der Waals surface area contributed by atoms with Crippen LogP contribution in [0.3, 0.4) is 0 Å². The maximum Gasteiger partial charge on any atom is 0.256 e. The zero-order chi connectivity index (χ0) is 11.8. The Bertz CT molecular complexity index is 275. The summed E-state index contributed by atoms with van der Waals surface area (Å²) in [7, 11) is 2.88. The topological polar surface area (TPSA) is 78.4 Å². The molecule has 1 atom stereocenters. The summed E-state index contributed by atoms with van der Waals surface area (Å²) in [6, 6.07) is 0. The number of aliphatic hydroxyl groups excluding tert-OH is 1. The number of amides is 2. The van der Waals surface area contributed by atoms with Gasteiger partial charge in [0.25, 0.3) is 11.8 Å². The summed E-state index contributed by atoms with van der Waals surface area (Å²) < 4.78 is 0. The van der Waals surface area contributed by atoms with E-state index in [-0.39, 0.29) is 5.57 Å². The second-order valence-electron chi connectivity index (χ2n) is 2.86. The number of hydrogen-bond donors (Lipinski definition) is 3. The minimum atomic E-state index is -0.614. The van der Waals surface area contributed by atoms with E-state index in [0.717, 1.165) is 0 Å². The molecule has 15 heavy (non-hydrogen) atoms. The fourth-order valence-electron chi connectivity index (χ4n) is 0.836. The van der Waals surface area contributed by atoms with Crippen molar-refractivity contribution in [2.24, 2.45) is 0 Å². The molecule has 0 aromatic carbocycles. The first-order valence-corrected chi connectivity index (χ1v) is 4.53. The molecule has 0 aromatic heterocycles. The fourth-order valence-corrected chi connectivity index (χ4v) is 0.836. The van der Waals surface area contributed by atoms with E-state index in [2.05, 4.69) is 10.6 Å². The first kappa shape index (κ1) is 13.4. The Morgan fingerprint density at radius 3 is 2.00 bits per heavy atom. The fraction of sp³-hybridized carbons (Fsp3) is 0.400. The molecule has 0 aliphatic carbocycles. The Morgan fingerprint density at radius 1 is 1.20 bits per heavy atom. The first-order valence-electron chi connectivity index (χ1n) is 4.53. The summed E-state index contributed by atoms with van der Waals surface area (Å²) in [4.78, 5) is 22.5. The summed E-state index contributed by atoms with van der Waals surface area (Å²) in [5.74, 6) is -0.936. The largest absolute Gasteiger partial charge is 0.389 e. The SMILES string of the molecule is CNC(=O)C(=C/C=C/C(C)O)C(=O)NC. The maximum atomic E-state index is 11.3. The Labute approximate surface area is 88.9 Å². The second-order valence-corrected chi connectivity index (χ2v) is 2.86. The third kappa shape index (κ3) is 4.97. The van der Waals surface area contributed by atoms with Gasteiger partial charge in [0.2, 0.25) is 0 Å². The lowest BCUT2D eigenvalue weighted by Gasteiger charge is -2.02. The highest BCUT2D eigenvalue weighted by Crippen LogP contribution is 1.96. The third-order valence-corrected chi connectivity index (χ3v) is 1.60. The van der Waals surface area contributed by atoms with E-state index >= 15 is 0 Å². The average Bonchev–Trinajstić information content (AvgIpc) is 2.22. The molecule has 0 aliphatic heterocycles. The van der Waals surface area contributed by atoms with Gasteiger partial charge < -0.3 is 15.7 Å². The van der Waals surface area contributed by atoms with Gasteiger partial charge >= 0.3 is 0 Å². The smallest absolute Gasteiger partial charge is 0.256 e. The van der Waals surface area contributed by atoms with Crippen LogP contribution in [0, 0.1) is 0 Å². The summed E-state index contributed by atoms with van der Waals surface area (Å²) in [6.45, 7) is 1.57. The van der Waals surface area contributed by atoms with Crippen LogP contribution in [-0.2, 0) is 9.59 Å². The number of likely N-dealkylation sites (N-methyl/N-ethyl adjacent to an activating group) is 2. The van der Waals surface area contributed by atoms with Crippen molar-refractivity contribution in [1.29, 1.82) is 0 Å². The van der Waals surface area contributed by atoms with Crippen LogP contribution in [0.1, 0.15) is 6.92 Å². The highest BCUT2D eigenvalue weighted by atomic mass is 16.3. The van der Waals surface area contributed by atoms with Gasteiger partial charge in [-0.2, -0.15) is 0 Å². The molecule has 0 aromatic rings. The van der Waals surface area contributed by atoms with Crippen molar-refractivity contribution in [3.63, 3.8) is 0 Å². The highest BCUT2D eigenvalue weighted by Gasteiger charge is 2.13. The molecule has 2 amide bonds. The van der Waals surface area contributed by atoms with Gasteiger partial charge in [-0.15, -0.1) is 0 Å². The Hall–Kier alpha value is -1.62. The number of hydrogen-bond acceptors (Lipinski definition) is 3. The lowest BCUT2D eigenvalue weighted by Crippen LogP contribution is -2.31. The van der Waals surface area contributed by atoms with Crippen molar-refractivity contribution >= 4 is 11.8 Å². The van der Waals surface area contributed by atoms with Crippen LogP contribution in [0.4, 0.5) is 0 Å². The Kier molecular flexibility index (Phi) is 6.05. The molecule has 1 unspecified atom stereocenters. The van der Waals surface area contributed by atoms with Gasteiger partial charge in [-0.05, 0) is 13.0 Å². The van der Waals surface area contributed by atoms with Crippen molar-refractivity contribution in [3.05, 3.63) is 23.8 Å². The van der Waals surface area contributed by atoms with Crippen molar-refractivity contribution in [3.8, 4) is 0 Å². The maximum absolute atomic E-state index is 11.3. The van der Waals surface area contributed by atoms with Gasteiger partial charge in [0.15, 0.2) is 0 Å². The summed E-state index contributed by atoms with van der Waals surface area (Å²) in [6.07, 6.45) is 3.66. The molecule has 5 heteroatoms. The molecule has 0 aliphatic rings. The van der Waals surface area contributed by atoms with Crippen LogP contribution >= 0.6 is 0 Å². The first-order chi connectivity index (χ1) is 7.02. The standard InChI is InChI=1S/C10H16N2O3/c1-7(13)5-4-6-8(9(14)11-2)10(15)12-3/h4-7,13H,1-3H3,(H,11,14)(H,12,15)/b5-4+. The van der Waals surface area contributed by atoms with E-state index in [1.807, 2.05) is 0 Å². The third-order valence-electron chi connectivity index (χ3n) is 1.60. The zero-order valence-corrected chi connectivity index (χ0v) is 9.07. The van der Waals surface area contributed by atoms with E-state index in [9.17, 15) is 9.59 Å². The molecule has 0 fully saturated rings. The van der Waals surface area contributed by atoms with Crippen LogP contribution in [0.25, 0.3) is 0 Å². The lowest BCUT2D eigenvalue weighted by atomic mass is 10.2. The molecular formula is C10H16N2O3. The average molecular weight is 212 g/mol. The van der Waals surface area contributed by atoms with Crippen LogP contribution in [0.2, 0.25) is 0 Å². The lowest BCUT2D eigenvalue weighted by molar-refractivity contribution is -0.123. The predicted octanol–water partition coefficient (Wildman–Crippen LogP) is -0.658. The predicted molar refractivity (Wildman–Crippen MR) is 57.0 cm³/mol. The Balaban J connectivity index is 4.78. The number of aliphatic hydroxyl groups is 1. The summed E-state index contributed by atoms with van der Waals surface area (Å²) in [5, 5.41) is 13.6. The van der Waals surface area contributed by atoms with Crippen molar-refractivity contribution in [1.82, 2.24) is 10.6 Å². The molecule has 0 saturated heterocycles. The zero-order valence-electron chi connectivity index (χ0n) is 9.07. The van der Waals surface area contributed by atoms with Crippen molar-refractivity contribution < 1.29 is 14.7 Å². The monoisotopic (exact) mass is 212 g/mol. The van der Waals surface area contributed by atoms with Crippen LogP contribution in [0.5, 0.6) is 0 Å². The molecule has 0 spiro atoms. The number of nitrogens with one attached hydrogen (secondary N) is 2. The molecule has 0 heterocycles. The number of rotatable bonds is 4. The van der Waals surface area contributed by atoms with E-state index in [0.29, 0.717) is 0 Å². The molecule has 84 valence electrons. The number of carbonyl (C=O) groups excluding carboxylic acids is 2. The van der Waals surface area contributed by atoms with E-state index < -0.39 is 17.9 Å². The molecule has 0 saturated carbocycles. The van der Waals surface area contributed by atoms with Gasteiger partial charge in [0.05, 0.1) is 6.10 Å². The van der Waals surface area contributed by atoms with Crippen molar-refractivity contribution in [2.45, 2.75) is 13.0 Å². The van der Waals surface area contributed by atoms with Gasteiger partial charge in [-0.25, -0.2) is 0 Å². The molecule has 3 N–H and O–H groups in total.